The molecule has 1 aromatic heterocycles. The van der Waals surface area contributed by atoms with E-state index in [2.05, 4.69) is 24.1 Å². The number of benzene rings is 1. The van der Waals surface area contributed by atoms with E-state index >= 15 is 4.39 Å². The minimum atomic E-state index is -0.668. The van der Waals surface area contributed by atoms with E-state index in [1.165, 1.54) is 4.90 Å². The van der Waals surface area contributed by atoms with Crippen molar-refractivity contribution in [1.82, 2.24) is 9.88 Å². The molecule has 1 saturated carbocycles. The van der Waals surface area contributed by atoms with Crippen LogP contribution in [0.25, 0.3) is 11.1 Å². The molecule has 0 bridgehead atoms. The molecule has 0 unspecified atom stereocenters. The number of hydrogen-bond acceptors (Lipinski definition) is 4. The highest BCUT2D eigenvalue weighted by atomic mass is 35.5. The van der Waals surface area contributed by atoms with E-state index in [0.29, 0.717) is 22.4 Å². The van der Waals surface area contributed by atoms with Gasteiger partial charge in [0.2, 0.25) is 0 Å². The van der Waals surface area contributed by atoms with Crippen LogP contribution in [0.4, 0.5) is 15.9 Å². The van der Waals surface area contributed by atoms with Crippen LogP contribution in [0.2, 0.25) is 5.02 Å². The number of carbonyl (C=O) groups excluding carboxylic acids is 1. The van der Waals surface area contributed by atoms with Crippen molar-refractivity contribution in [2.24, 2.45) is 11.8 Å². The van der Waals surface area contributed by atoms with Gasteiger partial charge in [0, 0.05) is 54.6 Å². The van der Waals surface area contributed by atoms with Gasteiger partial charge in [-0.3, -0.25) is 4.79 Å². The number of rotatable bonds is 3. The molecule has 28 heavy (non-hydrogen) atoms. The molecule has 2 aliphatic rings. The van der Waals surface area contributed by atoms with Crippen LogP contribution in [0.15, 0.2) is 18.3 Å². The molecule has 1 fully saturated rings. The number of carbonyl (C=O) groups is 1. The van der Waals surface area contributed by atoms with E-state index in [1.807, 2.05) is 0 Å². The van der Waals surface area contributed by atoms with Crippen LogP contribution in [0.5, 0.6) is 0 Å². The number of nitrogens with zero attached hydrogens (tertiary/aromatic N) is 2. The Kier molecular flexibility index (Phi) is 4.30. The Hall–Kier alpha value is -2.34. The Morgan fingerprint density at radius 3 is 2.71 bits per heavy atom. The zero-order valence-electron chi connectivity index (χ0n) is 16.4. The molecule has 2 heterocycles. The van der Waals surface area contributed by atoms with Crippen molar-refractivity contribution >= 4 is 29.0 Å². The third kappa shape index (κ3) is 2.58. The van der Waals surface area contributed by atoms with Crippen LogP contribution in [0.1, 0.15) is 36.2 Å². The summed E-state index contributed by atoms with van der Waals surface area (Å²) in [6.45, 7) is 5.22. The Bertz CT molecular complexity index is 991. The van der Waals surface area contributed by atoms with Gasteiger partial charge in [-0.25, -0.2) is 9.37 Å². The minimum absolute atomic E-state index is 0.0316. The number of fused-ring (bicyclic) bond motifs is 2. The zero-order chi connectivity index (χ0) is 20.4. The molecule has 2 aromatic rings. The van der Waals surface area contributed by atoms with Crippen molar-refractivity contribution in [2.75, 3.05) is 31.7 Å². The first-order chi connectivity index (χ1) is 13.2. The van der Waals surface area contributed by atoms with Crippen molar-refractivity contribution in [3.05, 3.63) is 40.3 Å². The van der Waals surface area contributed by atoms with Gasteiger partial charge < -0.3 is 16.0 Å². The van der Waals surface area contributed by atoms with Gasteiger partial charge in [0.25, 0.3) is 5.91 Å². The molecule has 7 heteroatoms. The SMILES string of the molecule is CC(C)[C@@H]1C[C@@]12CNc1ncc(-c3ccc(N)c(C(=O)N(C)C)c3F)c(Cl)c12. The smallest absolute Gasteiger partial charge is 0.258 e. The fourth-order valence-electron chi connectivity index (χ4n) is 4.53. The van der Waals surface area contributed by atoms with E-state index in [4.69, 9.17) is 17.3 Å². The summed E-state index contributed by atoms with van der Waals surface area (Å²) in [4.78, 5) is 18.2. The molecule has 0 saturated heterocycles. The summed E-state index contributed by atoms with van der Waals surface area (Å²) in [5, 5.41) is 3.86. The van der Waals surface area contributed by atoms with E-state index in [0.717, 1.165) is 24.3 Å². The molecule has 1 spiro atoms. The third-order valence-electron chi connectivity index (χ3n) is 6.11. The summed E-state index contributed by atoms with van der Waals surface area (Å²) in [7, 11) is 3.12. The van der Waals surface area contributed by atoms with E-state index in [1.54, 1.807) is 32.4 Å². The molecule has 4 rings (SSSR count). The lowest BCUT2D eigenvalue weighted by atomic mass is 9.90. The topological polar surface area (TPSA) is 71.2 Å². The Morgan fingerprint density at radius 1 is 1.39 bits per heavy atom. The fourth-order valence-corrected chi connectivity index (χ4v) is 4.96. The molecule has 3 N–H and O–H groups in total. The monoisotopic (exact) mass is 402 g/mol. The summed E-state index contributed by atoms with van der Waals surface area (Å²) in [6, 6.07) is 3.11. The predicted molar refractivity (Wildman–Crippen MR) is 110 cm³/mol. The van der Waals surface area contributed by atoms with Gasteiger partial charge in [0.15, 0.2) is 0 Å². The molecular formula is C21H24ClFN4O. The van der Waals surface area contributed by atoms with E-state index < -0.39 is 11.7 Å². The van der Waals surface area contributed by atoms with Gasteiger partial charge >= 0.3 is 0 Å². The number of anilines is 2. The second-order valence-electron chi connectivity index (χ2n) is 8.36. The lowest BCUT2D eigenvalue weighted by molar-refractivity contribution is 0.0824. The van der Waals surface area contributed by atoms with Crippen LogP contribution >= 0.6 is 11.6 Å². The zero-order valence-corrected chi connectivity index (χ0v) is 17.2. The molecule has 0 radical (unpaired) electrons. The minimum Gasteiger partial charge on any atom is -0.398 e. The van der Waals surface area contributed by atoms with Gasteiger partial charge in [-0.15, -0.1) is 0 Å². The number of amides is 1. The number of nitrogens with one attached hydrogen (secondary N) is 1. The maximum absolute atomic E-state index is 15.3. The molecule has 1 aliphatic carbocycles. The third-order valence-corrected chi connectivity index (χ3v) is 6.50. The van der Waals surface area contributed by atoms with Crippen molar-refractivity contribution in [3.8, 4) is 11.1 Å². The average Bonchev–Trinajstić information content (AvgIpc) is 3.24. The molecular weight excluding hydrogens is 379 g/mol. The number of nitrogens with two attached hydrogens (primary N) is 1. The second-order valence-corrected chi connectivity index (χ2v) is 8.74. The highest BCUT2D eigenvalue weighted by molar-refractivity contribution is 6.34. The molecule has 5 nitrogen and oxygen atoms in total. The first kappa shape index (κ1) is 19.0. The van der Waals surface area contributed by atoms with Gasteiger partial charge in [0.05, 0.1) is 10.6 Å². The van der Waals surface area contributed by atoms with Gasteiger partial charge in [-0.05, 0) is 30.4 Å². The van der Waals surface area contributed by atoms with Crippen LogP contribution in [0.3, 0.4) is 0 Å². The van der Waals surface area contributed by atoms with Crippen molar-refractivity contribution in [2.45, 2.75) is 25.7 Å². The van der Waals surface area contributed by atoms with Crippen LogP contribution in [-0.4, -0.2) is 36.4 Å². The summed E-state index contributed by atoms with van der Waals surface area (Å²) < 4.78 is 15.3. The summed E-state index contributed by atoms with van der Waals surface area (Å²) in [5.74, 6) is 0.682. The normalized spacial score (nSPS) is 22.3. The van der Waals surface area contributed by atoms with E-state index in [9.17, 15) is 4.79 Å². The Balaban J connectivity index is 1.86. The van der Waals surface area contributed by atoms with Crippen molar-refractivity contribution in [3.63, 3.8) is 0 Å². The fraction of sp³-hybridized carbons (Fsp3) is 0.429. The van der Waals surface area contributed by atoms with Crippen LogP contribution in [-0.2, 0) is 5.41 Å². The maximum atomic E-state index is 15.3. The first-order valence-corrected chi connectivity index (χ1v) is 9.79. The number of aromatic nitrogens is 1. The van der Waals surface area contributed by atoms with Gasteiger partial charge in [-0.1, -0.05) is 25.4 Å². The average molecular weight is 403 g/mol. The highest BCUT2D eigenvalue weighted by Crippen LogP contribution is 2.63. The van der Waals surface area contributed by atoms with E-state index in [-0.39, 0.29) is 22.2 Å². The molecule has 1 aliphatic heterocycles. The predicted octanol–water partition coefficient (Wildman–Crippen LogP) is 4.16. The molecule has 2 atom stereocenters. The maximum Gasteiger partial charge on any atom is 0.258 e. The highest BCUT2D eigenvalue weighted by Gasteiger charge is 2.61. The lowest BCUT2D eigenvalue weighted by Gasteiger charge is -2.18. The van der Waals surface area contributed by atoms with Gasteiger partial charge in [0.1, 0.15) is 11.6 Å². The van der Waals surface area contributed by atoms with Crippen LogP contribution < -0.4 is 11.1 Å². The first-order valence-electron chi connectivity index (χ1n) is 9.42. The summed E-state index contributed by atoms with van der Waals surface area (Å²) >= 11 is 6.82. The molecule has 148 valence electrons. The molecule has 1 aromatic carbocycles. The number of pyridine rings is 1. The standard InChI is InChI=1S/C21H24ClFN4O/c1-10(2)13-7-21(13)9-26-19-16(21)17(22)12(8-25-19)11-5-6-14(24)15(18(11)23)20(28)27(3)4/h5-6,8,10,13H,7,9,24H2,1-4H3,(H,25,26)/t13-,21+/m0/s1. The lowest BCUT2D eigenvalue weighted by Crippen LogP contribution is -2.24. The number of nitrogen functional groups attached to an aromatic ring is 1. The van der Waals surface area contributed by atoms with Crippen molar-refractivity contribution < 1.29 is 9.18 Å². The van der Waals surface area contributed by atoms with Gasteiger partial charge in [-0.2, -0.15) is 0 Å². The van der Waals surface area contributed by atoms with Crippen LogP contribution in [0, 0.1) is 17.7 Å². The quantitative estimate of drug-likeness (QED) is 0.756. The summed E-state index contributed by atoms with van der Waals surface area (Å²) in [5.41, 5.74) is 7.53. The van der Waals surface area contributed by atoms with Crippen molar-refractivity contribution in [1.29, 1.82) is 0 Å². The Morgan fingerprint density at radius 2 is 2.11 bits per heavy atom. The number of hydrogen-bond donors (Lipinski definition) is 2. The molecule has 1 amide bonds. The Labute approximate surface area is 169 Å². The largest absolute Gasteiger partial charge is 0.398 e. The summed E-state index contributed by atoms with van der Waals surface area (Å²) in [6.07, 6.45) is 2.61. The number of halogens is 2. The second kappa shape index (κ2) is 6.34.